The molecule has 1 aromatic heterocycles. The Kier molecular flexibility index (Phi) is 8.28. The molecule has 1 fully saturated rings. The van der Waals surface area contributed by atoms with Crippen molar-refractivity contribution in [3.05, 3.63) is 16.1 Å². The molecule has 1 aromatic rings. The van der Waals surface area contributed by atoms with Crippen LogP contribution >= 0.6 is 36.2 Å². The second kappa shape index (κ2) is 8.24. The number of likely N-dealkylation sites (tertiary alicyclic amines) is 1. The van der Waals surface area contributed by atoms with Crippen LogP contribution in [0.25, 0.3) is 0 Å². The molecule has 1 atom stereocenters. The molecule has 0 aromatic carbocycles. The highest BCUT2D eigenvalue weighted by Gasteiger charge is 2.19. The van der Waals surface area contributed by atoms with Crippen LogP contribution in [0.5, 0.6) is 0 Å². The summed E-state index contributed by atoms with van der Waals surface area (Å²) in [5.74, 6) is 0. The van der Waals surface area contributed by atoms with Crippen molar-refractivity contribution in [1.29, 1.82) is 0 Å². The standard InChI is InChI=1S/C10H17N3OS.2ClH/c1-14-6-10-12-9(7-15-10)5-13-3-2-8(11)4-13;;/h7-8H,2-6,11H2,1H3;2*1H. The molecule has 1 unspecified atom stereocenters. The number of rotatable bonds is 4. The van der Waals surface area contributed by atoms with E-state index in [4.69, 9.17) is 10.5 Å². The summed E-state index contributed by atoms with van der Waals surface area (Å²) in [5.41, 5.74) is 6.99. The van der Waals surface area contributed by atoms with Crippen molar-refractivity contribution in [3.8, 4) is 0 Å². The van der Waals surface area contributed by atoms with E-state index in [2.05, 4.69) is 15.3 Å². The van der Waals surface area contributed by atoms with Crippen LogP contribution in [0, 0.1) is 0 Å². The van der Waals surface area contributed by atoms with Crippen LogP contribution < -0.4 is 5.73 Å². The number of ether oxygens (including phenoxy) is 1. The molecule has 7 heteroatoms. The minimum atomic E-state index is 0. The third-order valence-corrected chi connectivity index (χ3v) is 3.43. The molecule has 2 N–H and O–H groups in total. The molecule has 0 radical (unpaired) electrons. The zero-order chi connectivity index (χ0) is 10.7. The smallest absolute Gasteiger partial charge is 0.119 e. The van der Waals surface area contributed by atoms with Crippen LogP contribution in [0.15, 0.2) is 5.38 Å². The van der Waals surface area contributed by atoms with Crippen molar-refractivity contribution >= 4 is 36.2 Å². The Balaban J connectivity index is 0.00000128. The number of nitrogens with two attached hydrogens (primary N) is 1. The fourth-order valence-electron chi connectivity index (χ4n) is 1.85. The second-order valence-corrected chi connectivity index (χ2v) is 4.89. The van der Waals surface area contributed by atoms with Crippen molar-refractivity contribution in [2.24, 2.45) is 5.73 Å². The van der Waals surface area contributed by atoms with Gasteiger partial charge in [-0.05, 0) is 6.42 Å². The highest BCUT2D eigenvalue weighted by molar-refractivity contribution is 7.09. The van der Waals surface area contributed by atoms with Gasteiger partial charge in [0.15, 0.2) is 0 Å². The first-order chi connectivity index (χ1) is 7.28. The molecule has 2 rings (SSSR count). The number of aromatic nitrogens is 1. The first-order valence-electron chi connectivity index (χ1n) is 5.18. The second-order valence-electron chi connectivity index (χ2n) is 3.95. The van der Waals surface area contributed by atoms with Gasteiger partial charge < -0.3 is 10.5 Å². The quantitative estimate of drug-likeness (QED) is 0.919. The summed E-state index contributed by atoms with van der Waals surface area (Å²) in [5, 5.41) is 3.16. The maximum atomic E-state index is 5.85. The Bertz CT molecular complexity index is 324. The van der Waals surface area contributed by atoms with E-state index in [1.54, 1.807) is 18.4 Å². The summed E-state index contributed by atoms with van der Waals surface area (Å²) in [4.78, 5) is 6.86. The summed E-state index contributed by atoms with van der Waals surface area (Å²) in [6, 6.07) is 0.349. The molecule has 1 aliphatic rings. The molecule has 0 bridgehead atoms. The average molecular weight is 300 g/mol. The number of hydrogen-bond acceptors (Lipinski definition) is 5. The topological polar surface area (TPSA) is 51.4 Å². The molecule has 2 heterocycles. The van der Waals surface area contributed by atoms with Gasteiger partial charge in [-0.25, -0.2) is 4.98 Å². The molecule has 0 amide bonds. The van der Waals surface area contributed by atoms with Crippen LogP contribution in [0.3, 0.4) is 0 Å². The van der Waals surface area contributed by atoms with Gasteiger partial charge in [-0.3, -0.25) is 4.90 Å². The van der Waals surface area contributed by atoms with Crippen molar-refractivity contribution in [3.63, 3.8) is 0 Å². The van der Waals surface area contributed by atoms with Gasteiger partial charge in [0.1, 0.15) is 5.01 Å². The lowest BCUT2D eigenvalue weighted by Crippen LogP contribution is -2.26. The molecule has 4 nitrogen and oxygen atoms in total. The van der Waals surface area contributed by atoms with Crippen LogP contribution in [0.1, 0.15) is 17.1 Å². The van der Waals surface area contributed by atoms with Gasteiger partial charge in [-0.1, -0.05) is 0 Å². The maximum Gasteiger partial charge on any atom is 0.119 e. The summed E-state index contributed by atoms with van der Waals surface area (Å²) in [6.07, 6.45) is 1.11. The Hall–Kier alpha value is 0.0900. The SMILES string of the molecule is COCc1nc(CN2CCC(N)C2)cs1.Cl.Cl. The van der Waals surface area contributed by atoms with E-state index in [1.807, 2.05) is 0 Å². The van der Waals surface area contributed by atoms with Gasteiger partial charge in [-0.15, -0.1) is 36.2 Å². The third-order valence-electron chi connectivity index (χ3n) is 2.56. The lowest BCUT2D eigenvalue weighted by atomic mass is 10.3. The van der Waals surface area contributed by atoms with Gasteiger partial charge >= 0.3 is 0 Å². The lowest BCUT2D eigenvalue weighted by Gasteiger charge is -2.12. The van der Waals surface area contributed by atoms with Gasteiger partial charge in [0.25, 0.3) is 0 Å². The summed E-state index contributed by atoms with van der Waals surface area (Å²) in [7, 11) is 1.70. The fourth-order valence-corrected chi connectivity index (χ4v) is 2.60. The molecule has 0 saturated carbocycles. The molecule has 1 saturated heterocycles. The lowest BCUT2D eigenvalue weighted by molar-refractivity contribution is 0.184. The Morgan fingerprint density at radius 2 is 2.35 bits per heavy atom. The van der Waals surface area contributed by atoms with Crippen LogP contribution in [0.2, 0.25) is 0 Å². The first-order valence-corrected chi connectivity index (χ1v) is 6.06. The summed E-state index contributed by atoms with van der Waals surface area (Å²) in [6.45, 7) is 3.63. The van der Waals surface area contributed by atoms with E-state index in [0.29, 0.717) is 12.6 Å². The third kappa shape index (κ3) is 5.07. The molecule has 17 heavy (non-hydrogen) atoms. The molecule has 0 aliphatic carbocycles. The zero-order valence-electron chi connectivity index (χ0n) is 9.80. The van der Waals surface area contributed by atoms with Gasteiger partial charge in [0, 0.05) is 38.2 Å². The first kappa shape index (κ1) is 17.1. The van der Waals surface area contributed by atoms with E-state index in [9.17, 15) is 0 Å². The number of hydrogen-bond donors (Lipinski definition) is 1. The number of thiazole rings is 1. The van der Waals surface area contributed by atoms with E-state index in [1.165, 1.54) is 0 Å². The van der Waals surface area contributed by atoms with Crippen molar-refractivity contribution in [2.45, 2.75) is 25.6 Å². The predicted molar refractivity (Wildman–Crippen MR) is 75.2 cm³/mol. The summed E-state index contributed by atoms with van der Waals surface area (Å²) >= 11 is 1.66. The predicted octanol–water partition coefficient (Wildman–Crippen LogP) is 1.67. The van der Waals surface area contributed by atoms with Crippen LogP contribution in [0.4, 0.5) is 0 Å². The highest BCUT2D eigenvalue weighted by Crippen LogP contribution is 2.15. The normalized spacial score (nSPS) is 19.8. The fraction of sp³-hybridized carbons (Fsp3) is 0.700. The van der Waals surface area contributed by atoms with E-state index in [0.717, 1.165) is 36.8 Å². The molecule has 1 aliphatic heterocycles. The molecule has 0 spiro atoms. The molecular formula is C10H19Cl2N3OS. The van der Waals surface area contributed by atoms with Crippen molar-refractivity contribution in [1.82, 2.24) is 9.88 Å². The van der Waals surface area contributed by atoms with Crippen LogP contribution in [-0.4, -0.2) is 36.1 Å². The monoisotopic (exact) mass is 299 g/mol. The van der Waals surface area contributed by atoms with Crippen LogP contribution in [-0.2, 0) is 17.9 Å². The van der Waals surface area contributed by atoms with Gasteiger partial charge in [0.2, 0.25) is 0 Å². The van der Waals surface area contributed by atoms with E-state index in [-0.39, 0.29) is 24.8 Å². The minimum absolute atomic E-state index is 0. The largest absolute Gasteiger partial charge is 0.378 e. The van der Waals surface area contributed by atoms with Crippen molar-refractivity contribution < 1.29 is 4.74 Å². The summed E-state index contributed by atoms with van der Waals surface area (Å²) < 4.78 is 5.04. The Morgan fingerprint density at radius 3 is 2.94 bits per heavy atom. The zero-order valence-corrected chi connectivity index (χ0v) is 12.2. The van der Waals surface area contributed by atoms with Gasteiger partial charge in [-0.2, -0.15) is 0 Å². The van der Waals surface area contributed by atoms with Gasteiger partial charge in [0.05, 0.1) is 12.3 Å². The number of methoxy groups -OCH3 is 1. The molecular weight excluding hydrogens is 281 g/mol. The molecule has 100 valence electrons. The van der Waals surface area contributed by atoms with E-state index >= 15 is 0 Å². The Morgan fingerprint density at radius 1 is 1.59 bits per heavy atom. The minimum Gasteiger partial charge on any atom is -0.378 e. The van der Waals surface area contributed by atoms with E-state index < -0.39 is 0 Å². The highest BCUT2D eigenvalue weighted by atomic mass is 35.5. The average Bonchev–Trinajstić information content (AvgIpc) is 2.78. The maximum absolute atomic E-state index is 5.85. The van der Waals surface area contributed by atoms with Crippen molar-refractivity contribution in [2.75, 3.05) is 20.2 Å². The Labute approximate surface area is 118 Å². The number of nitrogens with zero attached hydrogens (tertiary/aromatic N) is 2. The number of halogens is 2.